The Kier molecular flexibility index (Phi) is 13.6. The van der Waals surface area contributed by atoms with E-state index in [0.29, 0.717) is 25.8 Å². The fourth-order valence-electron chi connectivity index (χ4n) is 8.11. The number of ether oxygens (including phenoxy) is 2. The number of imidazole rings is 1. The van der Waals surface area contributed by atoms with Gasteiger partial charge in [-0.25, -0.2) is 10.3 Å². The average molecular weight is 776 g/mol. The number of H-pyrrole nitrogens is 1. The van der Waals surface area contributed by atoms with Crippen LogP contribution in [0.3, 0.4) is 0 Å². The van der Waals surface area contributed by atoms with Crippen LogP contribution in [-0.2, 0) is 32.2 Å². The number of hydroxylamine groups is 1. The zero-order valence-corrected chi connectivity index (χ0v) is 32.3. The topological polar surface area (TPSA) is 158 Å². The van der Waals surface area contributed by atoms with Gasteiger partial charge < -0.3 is 29.8 Å². The summed E-state index contributed by atoms with van der Waals surface area (Å²) in [7, 11) is 0. The van der Waals surface area contributed by atoms with Gasteiger partial charge in [-0.15, -0.1) is 0 Å². The van der Waals surface area contributed by atoms with Gasteiger partial charge in [0.05, 0.1) is 29.8 Å². The molecule has 7 rings (SSSR count). The maximum atomic E-state index is 12.9. The van der Waals surface area contributed by atoms with E-state index in [1.54, 1.807) is 5.48 Å². The van der Waals surface area contributed by atoms with E-state index in [-0.39, 0.29) is 48.8 Å². The molecule has 12 heteroatoms. The van der Waals surface area contributed by atoms with E-state index in [1.165, 1.54) is 0 Å². The Morgan fingerprint density at radius 2 is 1.49 bits per heavy atom. The number of para-hydroxylation sites is 2. The average Bonchev–Trinajstić information content (AvgIpc) is 3.59. The molecule has 57 heavy (non-hydrogen) atoms. The van der Waals surface area contributed by atoms with Gasteiger partial charge in [0.2, 0.25) is 11.8 Å². The van der Waals surface area contributed by atoms with Gasteiger partial charge in [0.1, 0.15) is 0 Å². The van der Waals surface area contributed by atoms with E-state index in [0.717, 1.165) is 96.2 Å². The molecule has 1 aromatic heterocycles. The molecule has 2 amide bonds. The minimum Gasteiger partial charge on any atom is -0.392 e. The van der Waals surface area contributed by atoms with Gasteiger partial charge in [0.25, 0.3) is 0 Å². The van der Waals surface area contributed by atoms with Crippen LogP contribution in [0.15, 0.2) is 102 Å². The first kappa shape index (κ1) is 40.1. The van der Waals surface area contributed by atoms with Crippen molar-refractivity contribution in [3.8, 4) is 11.1 Å². The monoisotopic (exact) mass is 775 g/mol. The van der Waals surface area contributed by atoms with Gasteiger partial charge in [-0.2, -0.15) is 0 Å². The maximum absolute atomic E-state index is 12.9. The normalized spacial score (nSPS) is 19.1. The summed E-state index contributed by atoms with van der Waals surface area (Å²) in [5.74, 6) is -0.394. The number of rotatable bonds is 16. The number of hydrogen-bond donors (Lipinski definition) is 5. The smallest absolute Gasteiger partial charge is 0.326 e. The van der Waals surface area contributed by atoms with Crippen molar-refractivity contribution in [2.75, 3.05) is 19.6 Å². The molecule has 3 atom stereocenters. The Morgan fingerprint density at radius 1 is 0.772 bits per heavy atom. The summed E-state index contributed by atoms with van der Waals surface area (Å²) in [5.41, 5.74) is 9.27. The number of nitrogens with one attached hydrogen (secondary N) is 3. The summed E-state index contributed by atoms with van der Waals surface area (Å²) in [6.45, 7) is 2.87. The molecular weight excluding hydrogens is 723 g/mol. The highest BCUT2D eigenvalue weighted by atomic mass is 16.7. The van der Waals surface area contributed by atoms with E-state index < -0.39 is 6.29 Å². The van der Waals surface area contributed by atoms with Crippen LogP contribution >= 0.6 is 0 Å². The number of unbranched alkanes of at least 4 members (excludes halogenated alkanes) is 3. The molecule has 12 nitrogen and oxygen atoms in total. The quantitative estimate of drug-likeness (QED) is 0.0415. The standard InChI is InChI=1S/C45H53N5O7/c51-30-31-17-19-33(20-18-31)41-27-38(29-49-23-21-37(22-24-49)50-40-14-6-5-13-39(40)47-45(50)54)56-44(57-41)36-12-8-11-35(26-36)34-10-7-9-32(25-34)28-46-42(52)15-3-1-2-4-16-43(53)48-55/h5-14,17-20,25-26,37-38,41,44,51,55H,1-4,15-16,21-24,27-30H2,(H,46,52)(H,47,54)(H,48,53)/t38-,41+,44+/m1/s1. The lowest BCUT2D eigenvalue weighted by atomic mass is 9.97. The van der Waals surface area contributed by atoms with Crippen molar-refractivity contribution in [2.45, 2.75) is 95.5 Å². The van der Waals surface area contributed by atoms with E-state index in [9.17, 15) is 19.5 Å². The number of likely N-dealkylation sites (tertiary alicyclic amines) is 1. The van der Waals surface area contributed by atoms with Crippen molar-refractivity contribution in [3.63, 3.8) is 0 Å². The summed E-state index contributed by atoms with van der Waals surface area (Å²) in [6, 6.07) is 32.4. The molecule has 2 aliphatic rings. The summed E-state index contributed by atoms with van der Waals surface area (Å²) >= 11 is 0. The van der Waals surface area contributed by atoms with Gasteiger partial charge in [-0.3, -0.25) is 19.4 Å². The highest BCUT2D eigenvalue weighted by molar-refractivity contribution is 5.76. The molecule has 300 valence electrons. The lowest BCUT2D eigenvalue weighted by Crippen LogP contribution is -2.43. The van der Waals surface area contributed by atoms with Crippen LogP contribution in [0, 0.1) is 0 Å². The number of carbonyl (C=O) groups is 2. The second-order valence-corrected chi connectivity index (χ2v) is 15.3. The summed E-state index contributed by atoms with van der Waals surface area (Å²) in [6.07, 6.45) is 5.35. The van der Waals surface area contributed by atoms with Crippen LogP contribution < -0.4 is 16.5 Å². The predicted molar refractivity (Wildman–Crippen MR) is 217 cm³/mol. The molecule has 0 bridgehead atoms. The third kappa shape index (κ3) is 10.4. The first-order valence-corrected chi connectivity index (χ1v) is 20.2. The van der Waals surface area contributed by atoms with E-state index in [1.807, 2.05) is 77.4 Å². The number of nitrogens with zero attached hydrogens (tertiary/aromatic N) is 2. The third-order valence-electron chi connectivity index (χ3n) is 11.2. The third-order valence-corrected chi connectivity index (χ3v) is 11.2. The first-order chi connectivity index (χ1) is 27.9. The predicted octanol–water partition coefficient (Wildman–Crippen LogP) is 6.83. The Balaban J connectivity index is 0.990. The second-order valence-electron chi connectivity index (χ2n) is 15.3. The van der Waals surface area contributed by atoms with E-state index in [4.69, 9.17) is 14.7 Å². The molecule has 5 aromatic rings. The van der Waals surface area contributed by atoms with Crippen molar-refractivity contribution < 1.29 is 29.4 Å². The van der Waals surface area contributed by atoms with Crippen LogP contribution in [0.5, 0.6) is 0 Å². The molecule has 2 aliphatic heterocycles. The van der Waals surface area contributed by atoms with Crippen LogP contribution in [-0.4, -0.2) is 62.3 Å². The maximum Gasteiger partial charge on any atom is 0.326 e. The number of fused-ring (bicyclic) bond motifs is 1. The molecule has 3 heterocycles. The number of aromatic amines is 1. The van der Waals surface area contributed by atoms with Gasteiger partial charge in [-0.1, -0.05) is 85.6 Å². The molecule has 0 aliphatic carbocycles. The molecule has 0 radical (unpaired) electrons. The van der Waals surface area contributed by atoms with Crippen molar-refractivity contribution in [1.29, 1.82) is 0 Å². The summed E-state index contributed by atoms with van der Waals surface area (Å²) in [5, 5.41) is 21.3. The van der Waals surface area contributed by atoms with Crippen molar-refractivity contribution in [1.82, 2.24) is 25.2 Å². The number of piperidine rings is 1. The fraction of sp³-hybridized carbons (Fsp3) is 0.400. The number of amides is 2. The highest BCUT2D eigenvalue weighted by Crippen LogP contribution is 2.39. The Bertz CT molecular complexity index is 2160. The molecule has 2 saturated heterocycles. The number of hydrogen-bond acceptors (Lipinski definition) is 8. The number of benzene rings is 4. The molecule has 0 spiro atoms. The van der Waals surface area contributed by atoms with E-state index >= 15 is 0 Å². The second kappa shape index (κ2) is 19.4. The molecule has 4 aromatic carbocycles. The summed E-state index contributed by atoms with van der Waals surface area (Å²) < 4.78 is 15.4. The van der Waals surface area contributed by atoms with Gasteiger partial charge >= 0.3 is 5.69 Å². The zero-order valence-electron chi connectivity index (χ0n) is 32.3. The minimum atomic E-state index is -0.595. The zero-order chi connectivity index (χ0) is 39.6. The van der Waals surface area contributed by atoms with Crippen molar-refractivity contribution >= 4 is 22.8 Å². The van der Waals surface area contributed by atoms with Crippen molar-refractivity contribution in [3.05, 3.63) is 130 Å². The van der Waals surface area contributed by atoms with Crippen LogP contribution in [0.2, 0.25) is 0 Å². The Labute approximate surface area is 332 Å². The molecule has 0 unspecified atom stereocenters. The number of aliphatic hydroxyl groups excluding tert-OH is 1. The lowest BCUT2D eigenvalue weighted by Gasteiger charge is -2.40. The van der Waals surface area contributed by atoms with Gasteiger partial charge in [0, 0.05) is 57.0 Å². The first-order valence-electron chi connectivity index (χ1n) is 20.2. The van der Waals surface area contributed by atoms with Crippen LogP contribution in [0.1, 0.15) is 98.5 Å². The molecule has 5 N–H and O–H groups in total. The van der Waals surface area contributed by atoms with Crippen LogP contribution in [0.25, 0.3) is 22.2 Å². The van der Waals surface area contributed by atoms with Gasteiger partial charge in [-0.05, 0) is 77.8 Å². The SMILES string of the molecule is O=C(CCCCCCC(=O)NCc1cccc(-c2cccc([C@H]3O[C@@H](CN4CCC(n5c(=O)[nH]c6ccccc65)CC4)C[C@@H](c4ccc(CO)cc4)O3)c2)c1)NO. The molecule has 0 saturated carbocycles. The number of carbonyl (C=O) groups excluding carboxylic acids is 2. The lowest BCUT2D eigenvalue weighted by molar-refractivity contribution is -0.253. The summed E-state index contributed by atoms with van der Waals surface area (Å²) in [4.78, 5) is 42.0. The fourth-order valence-corrected chi connectivity index (χ4v) is 8.11. The van der Waals surface area contributed by atoms with Gasteiger partial charge in [0.15, 0.2) is 6.29 Å². The number of aromatic nitrogens is 2. The Hall–Kier alpha value is -5.11. The molecular formula is C45H53N5O7. The Morgan fingerprint density at radius 3 is 2.25 bits per heavy atom. The van der Waals surface area contributed by atoms with Crippen LogP contribution in [0.4, 0.5) is 0 Å². The van der Waals surface area contributed by atoms with E-state index in [2.05, 4.69) is 39.5 Å². The largest absolute Gasteiger partial charge is 0.392 e. The number of aliphatic hydroxyl groups is 1. The van der Waals surface area contributed by atoms with Crippen molar-refractivity contribution in [2.24, 2.45) is 0 Å². The highest BCUT2D eigenvalue weighted by Gasteiger charge is 2.34. The molecule has 2 fully saturated rings. The minimum absolute atomic E-state index is 0.00801.